The first-order valence-electron chi connectivity index (χ1n) is 9.28. The SMILES string of the molecule is CC(C)c1ccc(C2CCNCC2)c(CS(=O)(=O)N2CCCC2)c1. The van der Waals surface area contributed by atoms with Gasteiger partial charge in [-0.3, -0.25) is 0 Å². The maximum atomic E-state index is 12.8. The van der Waals surface area contributed by atoms with E-state index in [1.165, 1.54) is 11.1 Å². The van der Waals surface area contributed by atoms with Gasteiger partial charge in [-0.2, -0.15) is 0 Å². The molecular weight excluding hydrogens is 320 g/mol. The zero-order chi connectivity index (χ0) is 17.2. The Morgan fingerprint density at radius 1 is 1.17 bits per heavy atom. The van der Waals surface area contributed by atoms with Crippen LogP contribution in [0.25, 0.3) is 0 Å². The predicted molar refractivity (Wildman–Crippen MR) is 98.8 cm³/mol. The average Bonchev–Trinajstić information content (AvgIpc) is 3.10. The van der Waals surface area contributed by atoms with Gasteiger partial charge in [-0.1, -0.05) is 32.0 Å². The fourth-order valence-electron chi connectivity index (χ4n) is 3.90. The lowest BCUT2D eigenvalue weighted by Crippen LogP contribution is -2.30. The van der Waals surface area contributed by atoms with E-state index in [0.29, 0.717) is 24.9 Å². The number of nitrogens with zero attached hydrogens (tertiary/aromatic N) is 1. The summed E-state index contributed by atoms with van der Waals surface area (Å²) < 4.78 is 27.3. The molecule has 0 radical (unpaired) electrons. The third kappa shape index (κ3) is 4.01. The summed E-state index contributed by atoms with van der Waals surface area (Å²) in [6, 6.07) is 6.53. The van der Waals surface area contributed by atoms with Gasteiger partial charge in [-0.15, -0.1) is 0 Å². The number of benzene rings is 1. The van der Waals surface area contributed by atoms with Gasteiger partial charge in [0.25, 0.3) is 0 Å². The lowest BCUT2D eigenvalue weighted by atomic mass is 9.86. The second-order valence-electron chi connectivity index (χ2n) is 7.50. The molecule has 2 aliphatic rings. The van der Waals surface area contributed by atoms with Gasteiger partial charge in [-0.25, -0.2) is 12.7 Å². The van der Waals surface area contributed by atoms with E-state index >= 15 is 0 Å². The van der Waals surface area contributed by atoms with Crippen LogP contribution in [0.1, 0.15) is 68.1 Å². The third-order valence-electron chi connectivity index (χ3n) is 5.41. The second-order valence-corrected chi connectivity index (χ2v) is 9.47. The van der Waals surface area contributed by atoms with Crippen molar-refractivity contribution in [1.29, 1.82) is 0 Å². The maximum absolute atomic E-state index is 12.8. The highest BCUT2D eigenvalue weighted by Crippen LogP contribution is 2.32. The van der Waals surface area contributed by atoms with Crippen molar-refractivity contribution in [2.45, 2.75) is 57.1 Å². The van der Waals surface area contributed by atoms with E-state index in [1.807, 2.05) is 0 Å². The molecule has 4 nitrogen and oxygen atoms in total. The summed E-state index contributed by atoms with van der Waals surface area (Å²) >= 11 is 0. The summed E-state index contributed by atoms with van der Waals surface area (Å²) in [6.45, 7) is 7.75. The molecule has 3 rings (SSSR count). The van der Waals surface area contributed by atoms with Gasteiger partial charge in [0.15, 0.2) is 0 Å². The molecule has 2 fully saturated rings. The Labute approximate surface area is 146 Å². The molecule has 0 amide bonds. The number of nitrogens with one attached hydrogen (secondary N) is 1. The van der Waals surface area contributed by atoms with Crippen molar-refractivity contribution >= 4 is 10.0 Å². The molecule has 2 heterocycles. The van der Waals surface area contributed by atoms with Gasteiger partial charge in [0, 0.05) is 13.1 Å². The maximum Gasteiger partial charge on any atom is 0.218 e. The van der Waals surface area contributed by atoms with Crippen molar-refractivity contribution in [2.24, 2.45) is 0 Å². The molecule has 0 atom stereocenters. The Balaban J connectivity index is 1.91. The molecule has 134 valence electrons. The second kappa shape index (κ2) is 7.54. The Morgan fingerprint density at radius 3 is 2.46 bits per heavy atom. The number of hydrogen-bond donors (Lipinski definition) is 1. The highest BCUT2D eigenvalue weighted by molar-refractivity contribution is 7.88. The molecule has 0 unspecified atom stereocenters. The number of sulfonamides is 1. The summed E-state index contributed by atoms with van der Waals surface area (Å²) in [5, 5.41) is 3.40. The van der Waals surface area contributed by atoms with E-state index in [-0.39, 0.29) is 5.75 Å². The van der Waals surface area contributed by atoms with E-state index in [4.69, 9.17) is 0 Å². The van der Waals surface area contributed by atoms with Crippen LogP contribution in [0.4, 0.5) is 0 Å². The van der Waals surface area contributed by atoms with E-state index in [1.54, 1.807) is 4.31 Å². The normalized spacial score (nSPS) is 20.8. The lowest BCUT2D eigenvalue weighted by molar-refractivity contribution is 0.457. The van der Waals surface area contributed by atoms with E-state index in [2.05, 4.69) is 37.4 Å². The largest absolute Gasteiger partial charge is 0.317 e. The first kappa shape index (κ1) is 17.9. The summed E-state index contributed by atoms with van der Waals surface area (Å²) in [4.78, 5) is 0. The van der Waals surface area contributed by atoms with Gasteiger partial charge in [0.1, 0.15) is 0 Å². The third-order valence-corrected chi connectivity index (χ3v) is 7.24. The summed E-state index contributed by atoms with van der Waals surface area (Å²) in [7, 11) is -3.20. The molecule has 0 spiro atoms. The van der Waals surface area contributed by atoms with Crippen molar-refractivity contribution in [3.63, 3.8) is 0 Å². The van der Waals surface area contributed by atoms with E-state index in [9.17, 15) is 8.42 Å². The first-order valence-corrected chi connectivity index (χ1v) is 10.9. The fraction of sp³-hybridized carbons (Fsp3) is 0.684. The van der Waals surface area contributed by atoms with E-state index in [0.717, 1.165) is 44.3 Å². The van der Waals surface area contributed by atoms with Gasteiger partial charge in [-0.05, 0) is 67.3 Å². The van der Waals surface area contributed by atoms with Gasteiger partial charge >= 0.3 is 0 Å². The van der Waals surface area contributed by atoms with Gasteiger partial charge < -0.3 is 5.32 Å². The molecule has 0 saturated carbocycles. The van der Waals surface area contributed by atoms with Crippen LogP contribution in [-0.4, -0.2) is 38.9 Å². The highest BCUT2D eigenvalue weighted by Gasteiger charge is 2.28. The number of rotatable bonds is 5. The molecule has 1 N–H and O–H groups in total. The minimum absolute atomic E-state index is 0.160. The molecule has 1 aromatic rings. The van der Waals surface area contributed by atoms with Crippen LogP contribution in [0.5, 0.6) is 0 Å². The lowest BCUT2D eigenvalue weighted by Gasteiger charge is -2.26. The topological polar surface area (TPSA) is 49.4 Å². The number of piperidine rings is 1. The van der Waals surface area contributed by atoms with Crippen molar-refractivity contribution in [2.75, 3.05) is 26.2 Å². The molecular formula is C19H30N2O2S. The molecule has 0 bridgehead atoms. The quantitative estimate of drug-likeness (QED) is 0.887. The molecule has 2 saturated heterocycles. The Hall–Kier alpha value is -0.910. The Kier molecular flexibility index (Phi) is 5.63. The highest BCUT2D eigenvalue weighted by atomic mass is 32.2. The van der Waals surface area contributed by atoms with Crippen LogP contribution in [0.15, 0.2) is 18.2 Å². The van der Waals surface area contributed by atoms with Crippen molar-refractivity contribution in [1.82, 2.24) is 9.62 Å². The predicted octanol–water partition coefficient (Wildman–Crippen LogP) is 3.20. The van der Waals surface area contributed by atoms with Crippen molar-refractivity contribution in [3.8, 4) is 0 Å². The zero-order valence-electron chi connectivity index (χ0n) is 14.9. The monoisotopic (exact) mass is 350 g/mol. The molecule has 0 aliphatic carbocycles. The molecule has 24 heavy (non-hydrogen) atoms. The minimum Gasteiger partial charge on any atom is -0.317 e. The Morgan fingerprint density at radius 2 is 1.83 bits per heavy atom. The van der Waals surface area contributed by atoms with Crippen LogP contribution in [0, 0.1) is 0 Å². The van der Waals surface area contributed by atoms with Crippen LogP contribution in [0.2, 0.25) is 0 Å². The zero-order valence-corrected chi connectivity index (χ0v) is 15.7. The van der Waals surface area contributed by atoms with Crippen molar-refractivity contribution < 1.29 is 8.42 Å². The molecule has 0 aromatic heterocycles. The standard InChI is InChI=1S/C19H30N2O2S/c1-15(2)17-5-6-19(16-7-9-20-10-8-16)18(13-17)14-24(22,23)21-11-3-4-12-21/h5-6,13,15-16,20H,3-4,7-12,14H2,1-2H3. The van der Waals surface area contributed by atoms with E-state index < -0.39 is 10.0 Å². The van der Waals surface area contributed by atoms with Crippen LogP contribution in [0.3, 0.4) is 0 Å². The summed E-state index contributed by atoms with van der Waals surface area (Å²) in [5.41, 5.74) is 3.52. The fourth-order valence-corrected chi connectivity index (χ4v) is 5.54. The molecule has 1 aromatic carbocycles. The smallest absolute Gasteiger partial charge is 0.218 e. The Bertz CT molecular complexity index is 658. The minimum atomic E-state index is -3.20. The average molecular weight is 351 g/mol. The number of hydrogen-bond acceptors (Lipinski definition) is 3. The summed E-state index contributed by atoms with van der Waals surface area (Å²) in [6.07, 6.45) is 4.18. The molecule has 2 aliphatic heterocycles. The molecule has 5 heteroatoms. The van der Waals surface area contributed by atoms with Gasteiger partial charge in [0.05, 0.1) is 5.75 Å². The van der Waals surface area contributed by atoms with Crippen molar-refractivity contribution in [3.05, 3.63) is 34.9 Å². The first-order chi connectivity index (χ1) is 11.5. The van der Waals surface area contributed by atoms with Crippen LogP contribution in [-0.2, 0) is 15.8 Å². The summed E-state index contributed by atoms with van der Waals surface area (Å²) in [5.74, 6) is 1.06. The van der Waals surface area contributed by atoms with Gasteiger partial charge in [0.2, 0.25) is 10.0 Å². The van der Waals surface area contributed by atoms with Crippen LogP contribution >= 0.6 is 0 Å². The van der Waals surface area contributed by atoms with Crippen LogP contribution < -0.4 is 5.32 Å².